The van der Waals surface area contributed by atoms with Gasteiger partial charge in [-0.05, 0) is 20.3 Å². The quantitative estimate of drug-likeness (QED) is 0.592. The summed E-state index contributed by atoms with van der Waals surface area (Å²) in [4.78, 5) is 0. The fourth-order valence-electron chi connectivity index (χ4n) is 0.745. The Kier molecular flexibility index (Phi) is 7.45. The summed E-state index contributed by atoms with van der Waals surface area (Å²) >= 11 is 0. The van der Waals surface area contributed by atoms with Crippen LogP contribution < -0.4 is 0 Å². The van der Waals surface area contributed by atoms with Crippen molar-refractivity contribution in [3.8, 4) is 0 Å². The fraction of sp³-hybridized carbons (Fsp3) is 1.00. The first-order chi connectivity index (χ1) is 5.66. The van der Waals surface area contributed by atoms with Crippen molar-refractivity contribution in [3.63, 3.8) is 0 Å². The molecule has 0 heterocycles. The van der Waals surface area contributed by atoms with E-state index in [1.807, 2.05) is 6.92 Å². The molecular formula is C9H20O3. The van der Waals surface area contributed by atoms with E-state index in [0.29, 0.717) is 13.2 Å². The minimum Gasteiger partial charge on any atom is -0.391 e. The predicted molar refractivity (Wildman–Crippen MR) is 48.2 cm³/mol. The zero-order chi connectivity index (χ0) is 9.40. The average molecular weight is 176 g/mol. The van der Waals surface area contributed by atoms with Gasteiger partial charge in [-0.2, -0.15) is 0 Å². The van der Waals surface area contributed by atoms with Crippen LogP contribution in [0.1, 0.15) is 27.2 Å². The van der Waals surface area contributed by atoms with Gasteiger partial charge < -0.3 is 14.6 Å². The molecule has 0 saturated carbocycles. The molecule has 0 aliphatic rings. The molecule has 0 radical (unpaired) electrons. The van der Waals surface area contributed by atoms with Gasteiger partial charge in [0.1, 0.15) is 0 Å². The van der Waals surface area contributed by atoms with E-state index in [4.69, 9.17) is 14.6 Å². The van der Waals surface area contributed by atoms with E-state index in [-0.39, 0.29) is 6.10 Å². The summed E-state index contributed by atoms with van der Waals surface area (Å²) in [5.74, 6) is 0. The lowest BCUT2D eigenvalue weighted by molar-refractivity contribution is -0.0363. The smallest absolute Gasteiger partial charge is 0.0781 e. The number of aliphatic hydroxyl groups excluding tert-OH is 1. The topological polar surface area (TPSA) is 38.7 Å². The molecule has 0 bridgehead atoms. The lowest BCUT2D eigenvalue weighted by atomic mass is 10.4. The lowest BCUT2D eigenvalue weighted by Gasteiger charge is -2.14. The second kappa shape index (κ2) is 7.53. The largest absolute Gasteiger partial charge is 0.391 e. The van der Waals surface area contributed by atoms with E-state index in [1.54, 1.807) is 6.92 Å². The Hall–Kier alpha value is -0.120. The van der Waals surface area contributed by atoms with Crippen molar-refractivity contribution in [2.75, 3.05) is 19.8 Å². The van der Waals surface area contributed by atoms with Crippen LogP contribution in [0.4, 0.5) is 0 Å². The molecule has 1 N–H and O–H groups in total. The molecule has 3 nitrogen and oxygen atoms in total. The molecule has 2 atom stereocenters. The highest BCUT2D eigenvalue weighted by atomic mass is 16.5. The molecule has 0 spiro atoms. The van der Waals surface area contributed by atoms with Crippen molar-refractivity contribution >= 4 is 0 Å². The van der Waals surface area contributed by atoms with Crippen molar-refractivity contribution < 1.29 is 14.6 Å². The summed E-state index contributed by atoms with van der Waals surface area (Å²) in [6, 6.07) is 0. The molecule has 0 aromatic heterocycles. The molecule has 0 aromatic carbocycles. The Morgan fingerprint density at radius 3 is 2.42 bits per heavy atom. The summed E-state index contributed by atoms with van der Waals surface area (Å²) in [7, 11) is 0. The zero-order valence-electron chi connectivity index (χ0n) is 8.25. The summed E-state index contributed by atoms with van der Waals surface area (Å²) in [5, 5.41) is 8.91. The molecule has 0 aliphatic heterocycles. The SMILES string of the molecule is CCCOC[C@@H](C)OC[C@@H](C)O. The van der Waals surface area contributed by atoms with Crippen LogP contribution in [-0.4, -0.2) is 37.1 Å². The summed E-state index contributed by atoms with van der Waals surface area (Å²) in [6.45, 7) is 7.50. The molecule has 74 valence electrons. The Morgan fingerprint density at radius 1 is 1.25 bits per heavy atom. The standard InChI is InChI=1S/C9H20O3/c1-4-5-11-7-9(3)12-6-8(2)10/h8-10H,4-7H2,1-3H3/t8-,9-/m1/s1. The summed E-state index contributed by atoms with van der Waals surface area (Å²) < 4.78 is 10.5. The van der Waals surface area contributed by atoms with Gasteiger partial charge in [0.25, 0.3) is 0 Å². The molecule has 0 fully saturated rings. The zero-order valence-corrected chi connectivity index (χ0v) is 8.25. The number of ether oxygens (including phenoxy) is 2. The van der Waals surface area contributed by atoms with E-state index >= 15 is 0 Å². The minimum absolute atomic E-state index is 0.0751. The molecular weight excluding hydrogens is 156 g/mol. The first-order valence-corrected chi connectivity index (χ1v) is 4.54. The number of hydrogen-bond donors (Lipinski definition) is 1. The highest BCUT2D eigenvalue weighted by molar-refractivity contribution is 4.49. The van der Waals surface area contributed by atoms with E-state index in [1.165, 1.54) is 0 Å². The predicted octanol–water partition coefficient (Wildman–Crippen LogP) is 1.20. The van der Waals surface area contributed by atoms with Gasteiger partial charge in [-0.3, -0.25) is 0 Å². The van der Waals surface area contributed by atoms with Gasteiger partial charge in [0.2, 0.25) is 0 Å². The maximum absolute atomic E-state index is 8.91. The fourth-order valence-corrected chi connectivity index (χ4v) is 0.745. The molecule has 3 heteroatoms. The van der Waals surface area contributed by atoms with Crippen LogP contribution in [0, 0.1) is 0 Å². The molecule has 0 aliphatic carbocycles. The number of hydrogen-bond acceptors (Lipinski definition) is 3. The number of aliphatic hydroxyl groups is 1. The van der Waals surface area contributed by atoms with Crippen LogP contribution >= 0.6 is 0 Å². The molecule has 0 saturated heterocycles. The second-order valence-electron chi connectivity index (χ2n) is 3.07. The van der Waals surface area contributed by atoms with Crippen LogP contribution in [0.5, 0.6) is 0 Å². The van der Waals surface area contributed by atoms with Crippen LogP contribution in [0.3, 0.4) is 0 Å². The molecule has 12 heavy (non-hydrogen) atoms. The Morgan fingerprint density at radius 2 is 1.92 bits per heavy atom. The van der Waals surface area contributed by atoms with Crippen molar-refractivity contribution in [1.82, 2.24) is 0 Å². The van der Waals surface area contributed by atoms with Crippen LogP contribution in [0.15, 0.2) is 0 Å². The van der Waals surface area contributed by atoms with Crippen LogP contribution in [0.2, 0.25) is 0 Å². The van der Waals surface area contributed by atoms with Gasteiger partial charge in [-0.15, -0.1) is 0 Å². The molecule has 0 aromatic rings. The van der Waals surface area contributed by atoms with Crippen molar-refractivity contribution in [2.24, 2.45) is 0 Å². The lowest BCUT2D eigenvalue weighted by Crippen LogP contribution is -2.21. The van der Waals surface area contributed by atoms with Crippen LogP contribution in [0.25, 0.3) is 0 Å². The van der Waals surface area contributed by atoms with Crippen LogP contribution in [-0.2, 0) is 9.47 Å². The highest BCUT2D eigenvalue weighted by Gasteiger charge is 2.03. The molecule has 0 amide bonds. The molecule has 0 unspecified atom stereocenters. The Bertz CT molecular complexity index is 93.8. The summed E-state index contributed by atoms with van der Waals surface area (Å²) in [5.41, 5.74) is 0. The second-order valence-corrected chi connectivity index (χ2v) is 3.07. The third-order valence-electron chi connectivity index (χ3n) is 1.32. The van der Waals surface area contributed by atoms with E-state index in [0.717, 1.165) is 13.0 Å². The third-order valence-corrected chi connectivity index (χ3v) is 1.32. The van der Waals surface area contributed by atoms with Gasteiger partial charge >= 0.3 is 0 Å². The molecule has 0 rings (SSSR count). The Balaban J connectivity index is 3.15. The van der Waals surface area contributed by atoms with E-state index < -0.39 is 6.10 Å². The normalized spacial score (nSPS) is 16.0. The van der Waals surface area contributed by atoms with E-state index in [9.17, 15) is 0 Å². The van der Waals surface area contributed by atoms with Gasteiger partial charge in [-0.1, -0.05) is 6.92 Å². The third kappa shape index (κ3) is 7.98. The van der Waals surface area contributed by atoms with E-state index in [2.05, 4.69) is 6.92 Å². The highest BCUT2D eigenvalue weighted by Crippen LogP contribution is 1.94. The summed E-state index contributed by atoms with van der Waals surface area (Å²) in [6.07, 6.45) is 0.716. The monoisotopic (exact) mass is 176 g/mol. The maximum atomic E-state index is 8.91. The van der Waals surface area contributed by atoms with Crippen molar-refractivity contribution in [3.05, 3.63) is 0 Å². The maximum Gasteiger partial charge on any atom is 0.0781 e. The average Bonchev–Trinajstić information content (AvgIpc) is 2.01. The van der Waals surface area contributed by atoms with Gasteiger partial charge in [0.15, 0.2) is 0 Å². The minimum atomic E-state index is -0.390. The Labute approximate surface area is 74.7 Å². The first kappa shape index (κ1) is 11.9. The van der Waals surface area contributed by atoms with Gasteiger partial charge in [0, 0.05) is 6.61 Å². The van der Waals surface area contributed by atoms with Gasteiger partial charge in [0.05, 0.1) is 25.4 Å². The first-order valence-electron chi connectivity index (χ1n) is 4.54. The van der Waals surface area contributed by atoms with Crippen molar-refractivity contribution in [2.45, 2.75) is 39.4 Å². The van der Waals surface area contributed by atoms with Crippen molar-refractivity contribution in [1.29, 1.82) is 0 Å². The number of rotatable bonds is 7. The van der Waals surface area contributed by atoms with Gasteiger partial charge in [-0.25, -0.2) is 0 Å².